The predicted molar refractivity (Wildman–Crippen MR) is 122 cm³/mol. The fourth-order valence-corrected chi connectivity index (χ4v) is 4.11. The second kappa shape index (κ2) is 8.84. The molecule has 0 bridgehead atoms. The molecule has 3 heterocycles. The number of nitrogens with zero attached hydrogens (tertiary/aromatic N) is 3. The van der Waals surface area contributed by atoms with E-state index in [-0.39, 0.29) is 6.10 Å². The average molecular weight is 412 g/mol. The number of hydrogen-bond acceptors (Lipinski definition) is 5. The molecule has 1 atom stereocenters. The molecule has 0 spiro atoms. The second-order valence-electron chi connectivity index (χ2n) is 7.76. The van der Waals surface area contributed by atoms with Gasteiger partial charge in [0.2, 0.25) is 0 Å². The summed E-state index contributed by atoms with van der Waals surface area (Å²) in [7, 11) is 1.68. The van der Waals surface area contributed by atoms with E-state index >= 15 is 0 Å². The quantitative estimate of drug-likeness (QED) is 0.468. The van der Waals surface area contributed by atoms with Crippen molar-refractivity contribution in [3.05, 3.63) is 90.3 Å². The van der Waals surface area contributed by atoms with Gasteiger partial charge in [-0.1, -0.05) is 24.3 Å². The first-order chi connectivity index (χ1) is 15.3. The van der Waals surface area contributed by atoms with Gasteiger partial charge in [-0.25, -0.2) is 0 Å². The Labute approximate surface area is 182 Å². The second-order valence-corrected chi connectivity index (χ2v) is 7.76. The van der Waals surface area contributed by atoms with Crippen LogP contribution in [-0.2, 0) is 11.3 Å². The summed E-state index contributed by atoms with van der Waals surface area (Å²) in [6.45, 7) is 3.30. The van der Waals surface area contributed by atoms with E-state index < -0.39 is 0 Å². The van der Waals surface area contributed by atoms with Crippen molar-refractivity contribution < 1.29 is 9.47 Å². The number of methoxy groups -OCH3 is 1. The van der Waals surface area contributed by atoms with E-state index in [4.69, 9.17) is 14.5 Å². The van der Waals surface area contributed by atoms with Crippen molar-refractivity contribution in [3.8, 4) is 17.0 Å². The number of morpholine rings is 1. The van der Waals surface area contributed by atoms with Crippen LogP contribution in [0, 0.1) is 0 Å². The topological polar surface area (TPSA) is 47.5 Å². The Bertz CT molecular complexity index is 1170. The normalized spacial score (nSPS) is 17.0. The minimum atomic E-state index is -0.0416. The number of hydrogen-bond donors (Lipinski definition) is 0. The molecule has 1 aliphatic heterocycles. The maximum atomic E-state index is 6.11. The van der Waals surface area contributed by atoms with Gasteiger partial charge in [0.15, 0.2) is 0 Å². The van der Waals surface area contributed by atoms with Crippen molar-refractivity contribution in [1.29, 1.82) is 0 Å². The summed E-state index contributed by atoms with van der Waals surface area (Å²) in [6, 6.07) is 24.6. The molecule has 5 rings (SSSR count). The molecular formula is C26H25N3O2. The highest BCUT2D eigenvalue weighted by atomic mass is 16.5. The number of benzene rings is 2. The minimum Gasteiger partial charge on any atom is -0.497 e. The smallest absolute Gasteiger partial charge is 0.118 e. The van der Waals surface area contributed by atoms with Gasteiger partial charge in [-0.2, -0.15) is 0 Å². The summed E-state index contributed by atoms with van der Waals surface area (Å²) in [6.07, 6.45) is 1.86. The van der Waals surface area contributed by atoms with E-state index in [1.807, 2.05) is 42.6 Å². The Morgan fingerprint density at radius 2 is 1.87 bits per heavy atom. The Morgan fingerprint density at radius 1 is 1.00 bits per heavy atom. The lowest BCUT2D eigenvalue weighted by Gasteiger charge is -2.33. The first kappa shape index (κ1) is 19.7. The summed E-state index contributed by atoms with van der Waals surface area (Å²) in [4.78, 5) is 11.8. The highest BCUT2D eigenvalue weighted by Gasteiger charge is 2.24. The van der Waals surface area contributed by atoms with Gasteiger partial charge in [0.25, 0.3) is 0 Å². The maximum absolute atomic E-state index is 6.11. The molecule has 0 amide bonds. The zero-order valence-corrected chi connectivity index (χ0v) is 17.6. The lowest BCUT2D eigenvalue weighted by atomic mass is 10.1. The molecule has 156 valence electrons. The molecule has 4 aromatic rings. The third-order valence-electron chi connectivity index (χ3n) is 5.77. The van der Waals surface area contributed by atoms with Crippen molar-refractivity contribution in [1.82, 2.24) is 14.9 Å². The van der Waals surface area contributed by atoms with Crippen LogP contribution in [0.1, 0.15) is 17.4 Å². The van der Waals surface area contributed by atoms with Crippen LogP contribution in [-0.4, -0.2) is 41.7 Å². The number of ether oxygens (including phenoxy) is 2. The van der Waals surface area contributed by atoms with Gasteiger partial charge in [-0.15, -0.1) is 0 Å². The van der Waals surface area contributed by atoms with Crippen LogP contribution in [0.15, 0.2) is 79.0 Å². The first-order valence-corrected chi connectivity index (χ1v) is 10.6. The van der Waals surface area contributed by atoms with Gasteiger partial charge in [0.1, 0.15) is 11.9 Å². The van der Waals surface area contributed by atoms with E-state index in [1.54, 1.807) is 7.11 Å². The molecule has 1 aliphatic rings. The summed E-state index contributed by atoms with van der Waals surface area (Å²) < 4.78 is 11.4. The van der Waals surface area contributed by atoms with E-state index in [0.717, 1.165) is 47.9 Å². The molecule has 0 unspecified atom stereocenters. The predicted octanol–water partition coefficient (Wildman–Crippen LogP) is 4.88. The van der Waals surface area contributed by atoms with Gasteiger partial charge >= 0.3 is 0 Å². The minimum absolute atomic E-state index is 0.0416. The highest BCUT2D eigenvalue weighted by molar-refractivity contribution is 5.81. The van der Waals surface area contributed by atoms with Crippen molar-refractivity contribution in [2.24, 2.45) is 0 Å². The summed E-state index contributed by atoms with van der Waals surface area (Å²) >= 11 is 0. The molecule has 0 saturated carbocycles. The van der Waals surface area contributed by atoms with Crippen LogP contribution in [0.4, 0.5) is 0 Å². The lowest BCUT2D eigenvalue weighted by Crippen LogP contribution is -2.38. The molecule has 5 nitrogen and oxygen atoms in total. The van der Waals surface area contributed by atoms with Crippen LogP contribution in [0.3, 0.4) is 0 Å². The van der Waals surface area contributed by atoms with Crippen molar-refractivity contribution in [2.45, 2.75) is 12.6 Å². The van der Waals surface area contributed by atoms with Crippen molar-refractivity contribution >= 4 is 10.9 Å². The van der Waals surface area contributed by atoms with Crippen molar-refractivity contribution in [2.75, 3.05) is 26.8 Å². The van der Waals surface area contributed by atoms with E-state index in [2.05, 4.69) is 46.3 Å². The van der Waals surface area contributed by atoms with Crippen LogP contribution in [0.25, 0.3) is 22.2 Å². The molecule has 0 radical (unpaired) electrons. The Morgan fingerprint density at radius 3 is 2.74 bits per heavy atom. The Hall–Kier alpha value is -3.28. The Balaban J connectivity index is 1.34. The van der Waals surface area contributed by atoms with Gasteiger partial charge in [0.05, 0.1) is 30.6 Å². The highest BCUT2D eigenvalue weighted by Crippen LogP contribution is 2.27. The summed E-state index contributed by atoms with van der Waals surface area (Å²) in [5.41, 5.74) is 5.32. The fourth-order valence-electron chi connectivity index (χ4n) is 4.11. The summed E-state index contributed by atoms with van der Waals surface area (Å²) in [5, 5.41) is 1.22. The molecule has 1 saturated heterocycles. The van der Waals surface area contributed by atoms with E-state index in [9.17, 15) is 0 Å². The van der Waals surface area contributed by atoms with Crippen molar-refractivity contribution in [3.63, 3.8) is 0 Å². The zero-order valence-electron chi connectivity index (χ0n) is 17.6. The monoisotopic (exact) mass is 411 g/mol. The van der Waals surface area contributed by atoms with Gasteiger partial charge in [-0.3, -0.25) is 14.9 Å². The standard InChI is InChI=1S/C26H25N3O2/c1-30-21-11-9-19(10-12-21)23-7-4-8-25(28-23)26-18-29(15-16-31-26)17-20-13-14-27-24-6-3-2-5-22(20)24/h2-14,26H,15-18H2,1H3/t26-/m0/s1. The largest absolute Gasteiger partial charge is 0.497 e. The SMILES string of the molecule is COc1ccc(-c2cccc([C@@H]3CN(Cc4ccnc5ccccc45)CCO3)n2)cc1. The molecule has 31 heavy (non-hydrogen) atoms. The van der Waals surface area contributed by atoms with Gasteiger partial charge in [-0.05, 0) is 54.1 Å². The fraction of sp³-hybridized carbons (Fsp3) is 0.231. The van der Waals surface area contributed by atoms with Crippen LogP contribution in [0.2, 0.25) is 0 Å². The van der Waals surface area contributed by atoms with E-state index in [1.165, 1.54) is 10.9 Å². The van der Waals surface area contributed by atoms with Crippen LogP contribution < -0.4 is 4.74 Å². The van der Waals surface area contributed by atoms with E-state index in [0.29, 0.717) is 6.61 Å². The molecule has 2 aromatic heterocycles. The molecular weight excluding hydrogens is 386 g/mol. The molecule has 0 aliphatic carbocycles. The third-order valence-corrected chi connectivity index (χ3v) is 5.77. The lowest BCUT2D eigenvalue weighted by molar-refractivity contribution is -0.0348. The maximum Gasteiger partial charge on any atom is 0.118 e. The molecule has 0 N–H and O–H groups in total. The van der Waals surface area contributed by atoms with Crippen LogP contribution in [0.5, 0.6) is 5.75 Å². The van der Waals surface area contributed by atoms with Gasteiger partial charge in [0, 0.05) is 36.8 Å². The van der Waals surface area contributed by atoms with Crippen LogP contribution >= 0.6 is 0 Å². The number of para-hydroxylation sites is 1. The molecule has 5 heteroatoms. The molecule has 2 aromatic carbocycles. The number of fused-ring (bicyclic) bond motifs is 1. The third kappa shape index (κ3) is 4.29. The first-order valence-electron chi connectivity index (χ1n) is 10.6. The number of pyridine rings is 2. The summed E-state index contributed by atoms with van der Waals surface area (Å²) in [5.74, 6) is 0.842. The molecule has 1 fully saturated rings. The zero-order chi connectivity index (χ0) is 21.0. The number of aromatic nitrogens is 2. The van der Waals surface area contributed by atoms with Gasteiger partial charge < -0.3 is 9.47 Å². The Kier molecular flexibility index (Phi) is 5.61. The average Bonchev–Trinajstić information content (AvgIpc) is 2.85. The number of rotatable bonds is 5.